The van der Waals surface area contributed by atoms with Gasteiger partial charge in [-0.3, -0.25) is 0 Å². The summed E-state index contributed by atoms with van der Waals surface area (Å²) in [5.41, 5.74) is 2.24. The van der Waals surface area contributed by atoms with Crippen LogP contribution in [0.4, 0.5) is 8.78 Å². The molecule has 0 radical (unpaired) electrons. The van der Waals surface area contributed by atoms with Crippen LogP contribution in [0.1, 0.15) is 29.5 Å². The molecule has 0 N–H and O–H groups in total. The number of nitriles is 1. The predicted octanol–water partition coefficient (Wildman–Crippen LogP) is 4.31. The highest BCUT2D eigenvalue weighted by Crippen LogP contribution is 2.39. The molecule has 1 unspecified atom stereocenters. The van der Waals surface area contributed by atoms with Crippen LogP contribution in [0.2, 0.25) is 0 Å². The van der Waals surface area contributed by atoms with Crippen LogP contribution in [-0.2, 0) is 18.3 Å². The summed E-state index contributed by atoms with van der Waals surface area (Å²) in [6, 6.07) is 14.3. The first-order chi connectivity index (χ1) is 10.1. The third-order valence-electron chi connectivity index (χ3n) is 4.29. The molecule has 0 saturated carbocycles. The van der Waals surface area contributed by atoms with E-state index in [0.717, 1.165) is 30.9 Å². The first-order valence-corrected chi connectivity index (χ1v) is 7.08. The molecule has 0 amide bonds. The van der Waals surface area contributed by atoms with Crippen LogP contribution in [0.3, 0.4) is 0 Å². The maximum absolute atomic E-state index is 13.4. The van der Waals surface area contributed by atoms with E-state index in [-0.39, 0.29) is 0 Å². The summed E-state index contributed by atoms with van der Waals surface area (Å²) < 4.78 is 26.5. The number of rotatable bonds is 2. The molecular formula is C18H15F2N. The average molecular weight is 283 g/mol. The van der Waals surface area contributed by atoms with Crippen LogP contribution in [-0.4, -0.2) is 0 Å². The summed E-state index contributed by atoms with van der Waals surface area (Å²) in [5, 5.41) is 9.76. The van der Waals surface area contributed by atoms with Crippen molar-refractivity contribution in [1.29, 1.82) is 5.26 Å². The fraction of sp³-hybridized carbons (Fsp3) is 0.278. The number of nitrogens with zero attached hydrogens (tertiary/aromatic N) is 1. The Hall–Kier alpha value is -2.21. The zero-order valence-electron chi connectivity index (χ0n) is 11.6. The fourth-order valence-electron chi connectivity index (χ4n) is 3.26. The molecule has 3 heteroatoms. The molecule has 0 spiro atoms. The van der Waals surface area contributed by atoms with Crippen molar-refractivity contribution in [2.45, 2.75) is 31.1 Å². The molecule has 0 aromatic heterocycles. The Morgan fingerprint density at radius 2 is 1.90 bits per heavy atom. The lowest BCUT2D eigenvalue weighted by molar-refractivity contribution is 0.447. The second kappa shape index (κ2) is 5.29. The van der Waals surface area contributed by atoms with E-state index >= 15 is 0 Å². The Balaban J connectivity index is 2.02. The lowest BCUT2D eigenvalue weighted by atomic mass is 9.68. The number of fused-ring (bicyclic) bond motifs is 1. The number of halogens is 2. The Morgan fingerprint density at radius 1 is 1.10 bits per heavy atom. The van der Waals surface area contributed by atoms with Crippen LogP contribution in [0.15, 0.2) is 42.5 Å². The highest BCUT2D eigenvalue weighted by molar-refractivity contribution is 5.43. The van der Waals surface area contributed by atoms with E-state index < -0.39 is 17.0 Å². The van der Waals surface area contributed by atoms with E-state index in [2.05, 4.69) is 6.07 Å². The molecule has 2 aromatic rings. The minimum atomic E-state index is -0.857. The van der Waals surface area contributed by atoms with Crippen LogP contribution in [0.25, 0.3) is 0 Å². The highest BCUT2D eigenvalue weighted by atomic mass is 19.2. The normalized spacial score (nSPS) is 20.6. The van der Waals surface area contributed by atoms with Crippen LogP contribution >= 0.6 is 0 Å². The average Bonchev–Trinajstić information content (AvgIpc) is 2.51. The highest BCUT2D eigenvalue weighted by Gasteiger charge is 2.36. The van der Waals surface area contributed by atoms with E-state index in [1.54, 1.807) is 6.07 Å². The van der Waals surface area contributed by atoms with E-state index in [4.69, 9.17) is 0 Å². The molecule has 1 nitrogen and oxygen atoms in total. The van der Waals surface area contributed by atoms with Gasteiger partial charge in [0.2, 0.25) is 0 Å². The summed E-state index contributed by atoms with van der Waals surface area (Å²) in [6.07, 6.45) is 3.07. The SMILES string of the molecule is N#CC1(Cc2ccc(F)c(F)c2)CCCc2ccccc21. The third kappa shape index (κ3) is 2.42. The topological polar surface area (TPSA) is 23.8 Å². The van der Waals surface area contributed by atoms with Crippen molar-refractivity contribution in [1.82, 2.24) is 0 Å². The van der Waals surface area contributed by atoms with Crippen molar-refractivity contribution in [2.75, 3.05) is 0 Å². The Labute approximate surface area is 122 Å². The van der Waals surface area contributed by atoms with Crippen molar-refractivity contribution in [2.24, 2.45) is 0 Å². The Bertz CT molecular complexity index is 717. The molecule has 1 aliphatic carbocycles. The lowest BCUT2D eigenvalue weighted by Gasteiger charge is -2.33. The summed E-state index contributed by atoms with van der Waals surface area (Å²) in [4.78, 5) is 0. The van der Waals surface area contributed by atoms with Gasteiger partial charge in [0.15, 0.2) is 11.6 Å². The van der Waals surface area contributed by atoms with Gasteiger partial charge < -0.3 is 0 Å². The number of hydrogen-bond donors (Lipinski definition) is 0. The number of aryl methyl sites for hydroxylation is 1. The number of hydrogen-bond acceptors (Lipinski definition) is 1. The van der Waals surface area contributed by atoms with Gasteiger partial charge in [-0.2, -0.15) is 5.26 Å². The van der Waals surface area contributed by atoms with Gasteiger partial charge in [-0.15, -0.1) is 0 Å². The van der Waals surface area contributed by atoms with Gasteiger partial charge in [-0.05, 0) is 54.5 Å². The van der Waals surface area contributed by atoms with Crippen molar-refractivity contribution in [3.05, 3.63) is 70.8 Å². The van der Waals surface area contributed by atoms with E-state index in [9.17, 15) is 14.0 Å². The van der Waals surface area contributed by atoms with Crippen LogP contribution < -0.4 is 0 Å². The summed E-state index contributed by atoms with van der Waals surface area (Å²) in [5.74, 6) is -1.71. The smallest absolute Gasteiger partial charge is 0.159 e. The minimum absolute atomic E-state index is 0.414. The first-order valence-electron chi connectivity index (χ1n) is 7.08. The molecule has 0 aliphatic heterocycles. The predicted molar refractivity (Wildman–Crippen MR) is 76.7 cm³/mol. The Morgan fingerprint density at radius 3 is 2.67 bits per heavy atom. The lowest BCUT2D eigenvalue weighted by Crippen LogP contribution is -2.31. The molecule has 1 atom stereocenters. The molecule has 21 heavy (non-hydrogen) atoms. The van der Waals surface area contributed by atoms with Crippen molar-refractivity contribution in [3.63, 3.8) is 0 Å². The number of benzene rings is 2. The summed E-state index contributed by atoms with van der Waals surface area (Å²) in [7, 11) is 0. The van der Waals surface area contributed by atoms with E-state index in [1.165, 1.54) is 11.6 Å². The van der Waals surface area contributed by atoms with Gasteiger partial charge in [-0.25, -0.2) is 8.78 Å². The van der Waals surface area contributed by atoms with Crippen LogP contribution in [0, 0.1) is 23.0 Å². The van der Waals surface area contributed by atoms with Gasteiger partial charge >= 0.3 is 0 Å². The zero-order valence-corrected chi connectivity index (χ0v) is 11.6. The molecule has 0 saturated heterocycles. The van der Waals surface area contributed by atoms with E-state index in [0.29, 0.717) is 12.0 Å². The molecule has 0 heterocycles. The minimum Gasteiger partial charge on any atom is -0.204 e. The van der Waals surface area contributed by atoms with Crippen LogP contribution in [0.5, 0.6) is 0 Å². The van der Waals surface area contributed by atoms with Crippen molar-refractivity contribution < 1.29 is 8.78 Å². The van der Waals surface area contributed by atoms with Gasteiger partial charge in [0, 0.05) is 0 Å². The molecule has 1 aliphatic rings. The summed E-state index contributed by atoms with van der Waals surface area (Å²) >= 11 is 0. The largest absolute Gasteiger partial charge is 0.204 e. The first kappa shape index (κ1) is 13.8. The van der Waals surface area contributed by atoms with E-state index in [1.807, 2.05) is 24.3 Å². The molecular weight excluding hydrogens is 268 g/mol. The third-order valence-corrected chi connectivity index (χ3v) is 4.29. The maximum atomic E-state index is 13.4. The summed E-state index contributed by atoms with van der Waals surface area (Å²) in [6.45, 7) is 0. The molecule has 3 rings (SSSR count). The molecule has 2 aromatic carbocycles. The Kier molecular flexibility index (Phi) is 3.47. The standard InChI is InChI=1S/C18H15F2N/c19-16-8-7-13(10-17(16)20)11-18(12-21)9-3-5-14-4-1-2-6-15(14)18/h1-2,4,6-8,10H,3,5,9,11H2. The quantitative estimate of drug-likeness (QED) is 0.806. The second-order valence-corrected chi connectivity index (χ2v) is 5.63. The molecule has 106 valence electrons. The molecule has 0 bridgehead atoms. The van der Waals surface area contributed by atoms with Crippen molar-refractivity contribution >= 4 is 0 Å². The van der Waals surface area contributed by atoms with Crippen molar-refractivity contribution in [3.8, 4) is 6.07 Å². The van der Waals surface area contributed by atoms with Gasteiger partial charge in [-0.1, -0.05) is 30.3 Å². The second-order valence-electron chi connectivity index (χ2n) is 5.63. The molecule has 0 fully saturated rings. The monoisotopic (exact) mass is 283 g/mol. The maximum Gasteiger partial charge on any atom is 0.159 e. The zero-order chi connectivity index (χ0) is 14.9. The van der Waals surface area contributed by atoms with Gasteiger partial charge in [0.1, 0.15) is 0 Å². The van der Waals surface area contributed by atoms with Gasteiger partial charge in [0.25, 0.3) is 0 Å². The van der Waals surface area contributed by atoms with Gasteiger partial charge in [0.05, 0.1) is 11.5 Å². The fourth-order valence-corrected chi connectivity index (χ4v) is 3.26.